The Balaban J connectivity index is 1.64. The highest BCUT2D eigenvalue weighted by molar-refractivity contribution is 7.99. The van der Waals surface area contributed by atoms with Crippen molar-refractivity contribution >= 4 is 34.8 Å². The van der Waals surface area contributed by atoms with Gasteiger partial charge in [0.2, 0.25) is 0 Å². The summed E-state index contributed by atoms with van der Waals surface area (Å²) < 4.78 is 0. The van der Waals surface area contributed by atoms with Crippen LogP contribution >= 0.6 is 24.0 Å². The van der Waals surface area contributed by atoms with Crippen LogP contribution < -0.4 is 10.2 Å². The predicted molar refractivity (Wildman–Crippen MR) is 100.0 cm³/mol. The third kappa shape index (κ3) is 3.58. The van der Waals surface area contributed by atoms with Crippen LogP contribution in [0.3, 0.4) is 0 Å². The van der Waals surface area contributed by atoms with Gasteiger partial charge in [-0.05, 0) is 62.5 Å². The van der Waals surface area contributed by atoms with Crippen LogP contribution in [0.5, 0.6) is 0 Å². The molecular formula is C17H25N3S2. The molecule has 120 valence electrons. The highest BCUT2D eigenvalue weighted by Crippen LogP contribution is 2.33. The fourth-order valence-corrected chi connectivity index (χ4v) is 4.65. The van der Waals surface area contributed by atoms with Gasteiger partial charge in [0.15, 0.2) is 5.11 Å². The molecule has 0 aromatic heterocycles. The second-order valence-corrected chi connectivity index (χ2v) is 7.46. The van der Waals surface area contributed by atoms with Crippen molar-refractivity contribution in [3.8, 4) is 0 Å². The Hall–Kier alpha value is -0.780. The molecule has 0 radical (unpaired) electrons. The lowest BCUT2D eigenvalue weighted by Crippen LogP contribution is -2.46. The lowest BCUT2D eigenvalue weighted by molar-refractivity contribution is 0.267. The zero-order chi connectivity index (χ0) is 15.4. The molecule has 5 heteroatoms. The van der Waals surface area contributed by atoms with E-state index < -0.39 is 0 Å². The molecule has 2 aliphatic heterocycles. The zero-order valence-corrected chi connectivity index (χ0v) is 14.9. The Morgan fingerprint density at radius 2 is 2.18 bits per heavy atom. The van der Waals surface area contributed by atoms with Gasteiger partial charge in [-0.15, -0.1) is 11.8 Å². The van der Waals surface area contributed by atoms with Crippen molar-refractivity contribution in [3.05, 3.63) is 24.3 Å². The summed E-state index contributed by atoms with van der Waals surface area (Å²) in [5.41, 5.74) is 1.27. The standard InChI is InChI=1S/C17H25N3S2/c1-2-19-10-5-7-14(19)13-18-17(21)20-11-6-12-22-16-9-4-3-8-15(16)20/h3-4,8-9,14H,2,5-7,10-13H2,1H3,(H,18,21)/t14-/m1/s1. The van der Waals surface area contributed by atoms with Crippen LogP contribution in [0.2, 0.25) is 0 Å². The van der Waals surface area contributed by atoms with Crippen LogP contribution in [0.15, 0.2) is 29.2 Å². The summed E-state index contributed by atoms with van der Waals surface area (Å²) in [7, 11) is 0. The molecule has 0 unspecified atom stereocenters. The van der Waals surface area contributed by atoms with E-state index in [9.17, 15) is 0 Å². The maximum absolute atomic E-state index is 5.71. The number of thioether (sulfide) groups is 1. The van der Waals surface area contributed by atoms with Gasteiger partial charge in [0.1, 0.15) is 0 Å². The molecule has 0 spiro atoms. The number of likely N-dealkylation sites (tertiary alicyclic amines) is 1. The summed E-state index contributed by atoms with van der Waals surface area (Å²) in [6, 6.07) is 9.26. The first-order valence-electron chi connectivity index (χ1n) is 8.31. The summed E-state index contributed by atoms with van der Waals surface area (Å²) in [5.74, 6) is 1.17. The fraction of sp³-hybridized carbons (Fsp3) is 0.588. The van der Waals surface area contributed by atoms with E-state index in [1.54, 1.807) is 0 Å². The average molecular weight is 336 g/mol. The number of nitrogens with one attached hydrogen (secondary N) is 1. The van der Waals surface area contributed by atoms with Crippen LogP contribution in [0, 0.1) is 0 Å². The molecule has 0 bridgehead atoms. The number of anilines is 1. The number of likely N-dealkylation sites (N-methyl/N-ethyl adjacent to an activating group) is 1. The quantitative estimate of drug-likeness (QED) is 0.851. The van der Waals surface area contributed by atoms with Crippen molar-refractivity contribution < 1.29 is 0 Å². The minimum Gasteiger partial charge on any atom is -0.361 e. The highest BCUT2D eigenvalue weighted by atomic mass is 32.2. The number of fused-ring (bicyclic) bond motifs is 1. The van der Waals surface area contributed by atoms with Crippen LogP contribution in [0.25, 0.3) is 0 Å². The molecule has 1 fully saturated rings. The van der Waals surface area contributed by atoms with Crippen LogP contribution in [0.4, 0.5) is 5.69 Å². The van der Waals surface area contributed by atoms with E-state index in [0.29, 0.717) is 6.04 Å². The number of thiocarbonyl (C=S) groups is 1. The van der Waals surface area contributed by atoms with Crippen molar-refractivity contribution in [2.24, 2.45) is 0 Å². The van der Waals surface area contributed by atoms with Gasteiger partial charge in [0.25, 0.3) is 0 Å². The van der Waals surface area contributed by atoms with Crippen molar-refractivity contribution in [1.29, 1.82) is 0 Å². The third-order valence-electron chi connectivity index (χ3n) is 4.58. The summed E-state index contributed by atoms with van der Waals surface area (Å²) in [5, 5.41) is 4.42. The lowest BCUT2D eigenvalue weighted by Gasteiger charge is -2.28. The van der Waals surface area contributed by atoms with E-state index in [4.69, 9.17) is 12.2 Å². The Bertz CT molecular complexity index is 520. The molecule has 1 N–H and O–H groups in total. The zero-order valence-electron chi connectivity index (χ0n) is 13.3. The minimum absolute atomic E-state index is 0.638. The highest BCUT2D eigenvalue weighted by Gasteiger charge is 2.24. The smallest absolute Gasteiger partial charge is 0.173 e. The van der Waals surface area contributed by atoms with Gasteiger partial charge in [-0.25, -0.2) is 0 Å². The maximum atomic E-state index is 5.71. The Morgan fingerprint density at radius 3 is 3.05 bits per heavy atom. The van der Waals surface area contributed by atoms with Crippen LogP contribution in [-0.4, -0.2) is 48.0 Å². The van der Waals surface area contributed by atoms with Gasteiger partial charge in [-0.1, -0.05) is 19.1 Å². The molecule has 1 aromatic carbocycles. The summed E-state index contributed by atoms with van der Waals surface area (Å²) >= 11 is 7.65. The van der Waals surface area contributed by atoms with Gasteiger partial charge in [-0.2, -0.15) is 0 Å². The number of para-hydroxylation sites is 1. The Morgan fingerprint density at radius 1 is 1.32 bits per heavy atom. The number of hydrogen-bond donors (Lipinski definition) is 1. The largest absolute Gasteiger partial charge is 0.361 e. The molecule has 1 atom stereocenters. The lowest BCUT2D eigenvalue weighted by atomic mass is 10.2. The molecular weight excluding hydrogens is 310 g/mol. The molecule has 0 aliphatic carbocycles. The normalized spacial score (nSPS) is 22.2. The first-order valence-corrected chi connectivity index (χ1v) is 9.70. The van der Waals surface area contributed by atoms with Gasteiger partial charge < -0.3 is 10.2 Å². The number of hydrogen-bond acceptors (Lipinski definition) is 3. The average Bonchev–Trinajstić information content (AvgIpc) is 2.90. The van der Waals surface area contributed by atoms with Gasteiger partial charge in [0.05, 0.1) is 5.69 Å². The molecule has 2 aliphatic rings. The van der Waals surface area contributed by atoms with Gasteiger partial charge >= 0.3 is 0 Å². The van der Waals surface area contributed by atoms with E-state index in [0.717, 1.165) is 24.7 Å². The molecule has 3 nitrogen and oxygen atoms in total. The monoisotopic (exact) mass is 335 g/mol. The second-order valence-electron chi connectivity index (χ2n) is 5.93. The Labute approximate surface area is 143 Å². The summed E-state index contributed by atoms with van der Waals surface area (Å²) in [6.07, 6.45) is 3.78. The number of nitrogens with zero attached hydrogens (tertiary/aromatic N) is 2. The predicted octanol–water partition coefficient (Wildman–Crippen LogP) is 3.35. The van der Waals surface area contributed by atoms with E-state index >= 15 is 0 Å². The van der Waals surface area contributed by atoms with E-state index in [2.05, 4.69) is 46.3 Å². The fourth-order valence-electron chi connectivity index (χ4n) is 3.38. The SMILES string of the molecule is CCN1CCC[C@@H]1CNC(=S)N1CCCSc2ccccc21. The van der Waals surface area contributed by atoms with E-state index in [1.165, 1.54) is 42.1 Å². The molecule has 2 heterocycles. The molecule has 1 aromatic rings. The molecule has 3 rings (SSSR count). The topological polar surface area (TPSA) is 18.5 Å². The molecule has 1 saturated heterocycles. The molecule has 22 heavy (non-hydrogen) atoms. The summed E-state index contributed by atoms with van der Waals surface area (Å²) in [6.45, 7) is 6.61. The van der Waals surface area contributed by atoms with Crippen molar-refractivity contribution in [3.63, 3.8) is 0 Å². The third-order valence-corrected chi connectivity index (χ3v) is 6.09. The van der Waals surface area contributed by atoms with Crippen molar-refractivity contribution in [1.82, 2.24) is 10.2 Å². The van der Waals surface area contributed by atoms with Crippen molar-refractivity contribution in [2.75, 3.05) is 36.8 Å². The minimum atomic E-state index is 0.638. The van der Waals surface area contributed by atoms with Crippen LogP contribution in [-0.2, 0) is 0 Å². The van der Waals surface area contributed by atoms with Crippen LogP contribution in [0.1, 0.15) is 26.2 Å². The van der Waals surface area contributed by atoms with E-state index in [1.807, 2.05) is 11.8 Å². The number of rotatable bonds is 3. The molecule has 0 saturated carbocycles. The number of benzene rings is 1. The van der Waals surface area contributed by atoms with Crippen molar-refractivity contribution in [2.45, 2.75) is 37.1 Å². The van der Waals surface area contributed by atoms with Gasteiger partial charge in [0, 0.05) is 24.0 Å². The summed E-state index contributed by atoms with van der Waals surface area (Å²) in [4.78, 5) is 6.19. The Kier molecular flexibility index (Phi) is 5.61. The first kappa shape index (κ1) is 16.1. The van der Waals surface area contributed by atoms with Gasteiger partial charge in [-0.3, -0.25) is 4.90 Å². The first-order chi connectivity index (χ1) is 10.8. The second kappa shape index (κ2) is 7.66. The molecule has 0 amide bonds. The maximum Gasteiger partial charge on any atom is 0.173 e. The van der Waals surface area contributed by atoms with E-state index in [-0.39, 0.29) is 0 Å².